The largest absolute Gasteiger partial charge is 0.310 e. The summed E-state index contributed by atoms with van der Waals surface area (Å²) >= 11 is 0. The predicted octanol–water partition coefficient (Wildman–Crippen LogP) is 1.83. The average molecular weight is 247 g/mol. The van der Waals surface area contributed by atoms with Gasteiger partial charge in [-0.05, 0) is 31.6 Å². The molecular formula is C12H25NO2S. The molecule has 1 aliphatic rings. The molecule has 1 fully saturated rings. The van der Waals surface area contributed by atoms with Crippen molar-refractivity contribution in [3.8, 4) is 0 Å². The number of hydrogen-bond acceptors (Lipinski definition) is 3. The van der Waals surface area contributed by atoms with Crippen molar-refractivity contribution in [1.29, 1.82) is 0 Å². The van der Waals surface area contributed by atoms with E-state index < -0.39 is 9.84 Å². The smallest absolute Gasteiger partial charge is 0.151 e. The third-order valence-corrected chi connectivity index (χ3v) is 5.80. The molecule has 3 nitrogen and oxygen atoms in total. The highest BCUT2D eigenvalue weighted by Gasteiger charge is 2.30. The summed E-state index contributed by atoms with van der Waals surface area (Å²) in [5.74, 6) is 1.93. The van der Waals surface area contributed by atoms with Gasteiger partial charge in [0.2, 0.25) is 0 Å². The van der Waals surface area contributed by atoms with Crippen molar-refractivity contribution >= 4 is 9.84 Å². The molecule has 0 spiro atoms. The van der Waals surface area contributed by atoms with Crippen molar-refractivity contribution in [3.63, 3.8) is 0 Å². The van der Waals surface area contributed by atoms with Gasteiger partial charge >= 0.3 is 0 Å². The SMILES string of the molecule is CCS(=O)(=O)CC(C)NC1CCC(C)C1C. The Bertz CT molecular complexity index is 313. The maximum atomic E-state index is 11.5. The molecule has 4 heteroatoms. The zero-order chi connectivity index (χ0) is 12.3. The van der Waals surface area contributed by atoms with E-state index in [0.29, 0.717) is 12.0 Å². The summed E-state index contributed by atoms with van der Waals surface area (Å²) in [5, 5.41) is 3.47. The van der Waals surface area contributed by atoms with Crippen molar-refractivity contribution in [2.45, 2.75) is 52.6 Å². The van der Waals surface area contributed by atoms with E-state index in [1.54, 1.807) is 6.92 Å². The van der Waals surface area contributed by atoms with Crippen molar-refractivity contribution in [2.24, 2.45) is 11.8 Å². The van der Waals surface area contributed by atoms with Crippen LogP contribution in [-0.2, 0) is 9.84 Å². The number of nitrogens with one attached hydrogen (secondary N) is 1. The summed E-state index contributed by atoms with van der Waals surface area (Å²) in [6.07, 6.45) is 2.44. The van der Waals surface area contributed by atoms with Crippen LogP contribution in [0.2, 0.25) is 0 Å². The van der Waals surface area contributed by atoms with E-state index in [1.807, 2.05) is 6.92 Å². The minimum Gasteiger partial charge on any atom is -0.310 e. The van der Waals surface area contributed by atoms with Crippen LogP contribution in [0.15, 0.2) is 0 Å². The van der Waals surface area contributed by atoms with E-state index in [0.717, 1.165) is 5.92 Å². The molecule has 0 saturated heterocycles. The molecular weight excluding hydrogens is 222 g/mol. The quantitative estimate of drug-likeness (QED) is 0.806. The zero-order valence-electron chi connectivity index (χ0n) is 10.9. The van der Waals surface area contributed by atoms with Crippen molar-refractivity contribution in [2.75, 3.05) is 11.5 Å². The summed E-state index contributed by atoms with van der Waals surface area (Å²) in [6, 6.07) is 0.569. The Kier molecular flexibility index (Phi) is 4.80. The first kappa shape index (κ1) is 14.0. The predicted molar refractivity (Wildman–Crippen MR) is 68.3 cm³/mol. The number of sulfone groups is 1. The summed E-state index contributed by atoms with van der Waals surface area (Å²) in [7, 11) is -2.85. The molecule has 96 valence electrons. The maximum absolute atomic E-state index is 11.5. The van der Waals surface area contributed by atoms with Crippen LogP contribution in [-0.4, -0.2) is 32.0 Å². The maximum Gasteiger partial charge on any atom is 0.151 e. The molecule has 1 saturated carbocycles. The Balaban J connectivity index is 2.43. The first-order valence-corrected chi connectivity index (χ1v) is 8.14. The Morgan fingerprint density at radius 3 is 2.38 bits per heavy atom. The van der Waals surface area contributed by atoms with Crippen molar-refractivity contribution in [1.82, 2.24) is 5.32 Å². The minimum absolute atomic E-state index is 0.0719. The van der Waals surface area contributed by atoms with Gasteiger partial charge in [-0.2, -0.15) is 0 Å². The molecule has 1 N–H and O–H groups in total. The molecule has 1 aliphatic carbocycles. The van der Waals surface area contributed by atoms with Crippen LogP contribution in [0.4, 0.5) is 0 Å². The van der Waals surface area contributed by atoms with Gasteiger partial charge in [0.05, 0.1) is 5.75 Å². The fraction of sp³-hybridized carbons (Fsp3) is 1.00. The van der Waals surface area contributed by atoms with E-state index in [2.05, 4.69) is 19.2 Å². The topological polar surface area (TPSA) is 46.2 Å². The molecule has 4 unspecified atom stereocenters. The van der Waals surface area contributed by atoms with Crippen LogP contribution in [0, 0.1) is 11.8 Å². The molecule has 0 aromatic carbocycles. The molecule has 0 aromatic rings. The van der Waals surface area contributed by atoms with Gasteiger partial charge in [-0.1, -0.05) is 20.8 Å². The Labute approximate surface area is 99.9 Å². The molecule has 0 radical (unpaired) electrons. The van der Waals surface area contributed by atoms with E-state index in [1.165, 1.54) is 12.8 Å². The third kappa shape index (κ3) is 3.74. The fourth-order valence-corrected chi connectivity index (χ4v) is 3.61. The highest BCUT2D eigenvalue weighted by molar-refractivity contribution is 7.91. The molecule has 0 amide bonds. The van der Waals surface area contributed by atoms with Gasteiger partial charge in [0.1, 0.15) is 0 Å². The van der Waals surface area contributed by atoms with Crippen LogP contribution < -0.4 is 5.32 Å². The van der Waals surface area contributed by atoms with E-state index in [4.69, 9.17) is 0 Å². The van der Waals surface area contributed by atoms with Gasteiger partial charge in [-0.15, -0.1) is 0 Å². The second-order valence-electron chi connectivity index (χ2n) is 5.29. The third-order valence-electron chi connectivity index (χ3n) is 3.91. The summed E-state index contributed by atoms with van der Waals surface area (Å²) in [4.78, 5) is 0. The first-order valence-electron chi connectivity index (χ1n) is 6.32. The lowest BCUT2D eigenvalue weighted by Crippen LogP contribution is -2.42. The minimum atomic E-state index is -2.85. The Morgan fingerprint density at radius 1 is 1.31 bits per heavy atom. The highest BCUT2D eigenvalue weighted by Crippen LogP contribution is 2.31. The van der Waals surface area contributed by atoms with Crippen LogP contribution in [0.25, 0.3) is 0 Å². The summed E-state index contributed by atoms with van der Waals surface area (Å²) < 4.78 is 23.0. The van der Waals surface area contributed by atoms with Gasteiger partial charge in [-0.25, -0.2) is 8.42 Å². The summed E-state index contributed by atoms with van der Waals surface area (Å²) in [6.45, 7) is 8.22. The van der Waals surface area contributed by atoms with E-state index in [-0.39, 0.29) is 17.5 Å². The standard InChI is InChI=1S/C12H25NO2S/c1-5-16(14,15)8-10(3)13-12-7-6-9(2)11(12)4/h9-13H,5-8H2,1-4H3. The average Bonchev–Trinajstić information content (AvgIpc) is 2.49. The molecule has 1 rings (SSSR count). The molecule has 0 heterocycles. The molecule has 0 bridgehead atoms. The lowest BCUT2D eigenvalue weighted by atomic mass is 9.97. The zero-order valence-corrected chi connectivity index (χ0v) is 11.7. The molecule has 0 aliphatic heterocycles. The van der Waals surface area contributed by atoms with Crippen LogP contribution >= 0.6 is 0 Å². The molecule has 0 aromatic heterocycles. The number of rotatable bonds is 5. The number of hydrogen-bond donors (Lipinski definition) is 1. The first-order chi connectivity index (χ1) is 7.35. The molecule has 16 heavy (non-hydrogen) atoms. The Hall–Kier alpha value is -0.0900. The van der Waals surface area contributed by atoms with Crippen molar-refractivity contribution < 1.29 is 8.42 Å². The van der Waals surface area contributed by atoms with Gasteiger partial charge in [0.25, 0.3) is 0 Å². The fourth-order valence-electron chi connectivity index (χ4n) is 2.51. The normalized spacial score (nSPS) is 32.9. The van der Waals surface area contributed by atoms with Crippen LogP contribution in [0.5, 0.6) is 0 Å². The monoisotopic (exact) mass is 247 g/mol. The van der Waals surface area contributed by atoms with Gasteiger partial charge < -0.3 is 5.32 Å². The lowest BCUT2D eigenvalue weighted by Gasteiger charge is -2.24. The van der Waals surface area contributed by atoms with Gasteiger partial charge in [0, 0.05) is 17.8 Å². The van der Waals surface area contributed by atoms with Crippen LogP contribution in [0.3, 0.4) is 0 Å². The molecule has 4 atom stereocenters. The lowest BCUT2D eigenvalue weighted by molar-refractivity contribution is 0.352. The van der Waals surface area contributed by atoms with Gasteiger partial charge in [-0.3, -0.25) is 0 Å². The van der Waals surface area contributed by atoms with Gasteiger partial charge in [0.15, 0.2) is 9.84 Å². The highest BCUT2D eigenvalue weighted by atomic mass is 32.2. The van der Waals surface area contributed by atoms with E-state index >= 15 is 0 Å². The second-order valence-corrected chi connectivity index (χ2v) is 7.68. The summed E-state index contributed by atoms with van der Waals surface area (Å²) in [5.41, 5.74) is 0. The Morgan fingerprint density at radius 2 is 1.94 bits per heavy atom. The van der Waals surface area contributed by atoms with Crippen LogP contribution in [0.1, 0.15) is 40.5 Å². The van der Waals surface area contributed by atoms with E-state index in [9.17, 15) is 8.42 Å². The second kappa shape index (κ2) is 5.50. The van der Waals surface area contributed by atoms with Crippen molar-refractivity contribution in [3.05, 3.63) is 0 Å².